The summed E-state index contributed by atoms with van der Waals surface area (Å²) in [6, 6.07) is 6.33. The third kappa shape index (κ3) is 5.92. The van der Waals surface area contributed by atoms with E-state index in [1.165, 1.54) is 19.1 Å². The number of nitrogens with one attached hydrogen (secondary N) is 1. The lowest BCUT2D eigenvalue weighted by Crippen LogP contribution is -2.25. The molecule has 0 saturated heterocycles. The molecule has 0 fully saturated rings. The standard InChI is InChI=1S/C18H22N2O5/c1-4-8-24-16-7-6-13(9-17(16)23-5-2)18(22)25-11-15(21)14(10-19)12(3)20/h6-7,9,14,20H,4-5,8,11H2,1-3H3/t14-/m0/s1. The van der Waals surface area contributed by atoms with Gasteiger partial charge in [-0.1, -0.05) is 6.92 Å². The molecule has 1 aromatic carbocycles. The highest BCUT2D eigenvalue weighted by Crippen LogP contribution is 2.29. The van der Waals surface area contributed by atoms with E-state index in [1.807, 2.05) is 13.8 Å². The quantitative estimate of drug-likeness (QED) is 0.515. The van der Waals surface area contributed by atoms with E-state index in [9.17, 15) is 9.59 Å². The van der Waals surface area contributed by atoms with Crippen molar-refractivity contribution in [3.05, 3.63) is 23.8 Å². The second-order valence-corrected chi connectivity index (χ2v) is 5.23. The summed E-state index contributed by atoms with van der Waals surface area (Å²) in [6.07, 6.45) is 0.837. The van der Waals surface area contributed by atoms with Gasteiger partial charge in [0.15, 0.2) is 23.9 Å². The number of benzene rings is 1. The van der Waals surface area contributed by atoms with Gasteiger partial charge in [0.25, 0.3) is 0 Å². The van der Waals surface area contributed by atoms with Crippen LogP contribution in [0.25, 0.3) is 0 Å². The van der Waals surface area contributed by atoms with Crippen LogP contribution in [0.4, 0.5) is 0 Å². The van der Waals surface area contributed by atoms with E-state index in [0.29, 0.717) is 24.7 Å². The summed E-state index contributed by atoms with van der Waals surface area (Å²) in [4.78, 5) is 23.9. The van der Waals surface area contributed by atoms with Crippen molar-refractivity contribution in [1.29, 1.82) is 10.7 Å². The van der Waals surface area contributed by atoms with E-state index >= 15 is 0 Å². The van der Waals surface area contributed by atoms with Crippen molar-refractivity contribution in [2.45, 2.75) is 27.2 Å². The van der Waals surface area contributed by atoms with Crippen molar-refractivity contribution < 1.29 is 23.8 Å². The molecule has 0 heterocycles. The molecule has 0 radical (unpaired) electrons. The van der Waals surface area contributed by atoms with Crippen LogP contribution < -0.4 is 9.47 Å². The van der Waals surface area contributed by atoms with Crippen molar-refractivity contribution in [2.24, 2.45) is 5.92 Å². The SMILES string of the molecule is CCCOc1ccc(C(=O)OCC(=O)[C@@H](C#N)C(C)=N)cc1OCC. The van der Waals surface area contributed by atoms with Gasteiger partial charge in [-0.05, 0) is 38.5 Å². The number of hydrogen-bond acceptors (Lipinski definition) is 7. The molecule has 25 heavy (non-hydrogen) atoms. The van der Waals surface area contributed by atoms with Gasteiger partial charge in [0.2, 0.25) is 0 Å². The van der Waals surface area contributed by atoms with Crippen molar-refractivity contribution in [3.8, 4) is 17.6 Å². The van der Waals surface area contributed by atoms with Crippen LogP contribution in [0.1, 0.15) is 37.6 Å². The first-order chi connectivity index (χ1) is 11.9. The second kappa shape index (κ2) is 10.1. The number of hydrogen-bond donors (Lipinski definition) is 1. The Bertz CT molecular complexity index is 679. The monoisotopic (exact) mass is 346 g/mol. The Hall–Kier alpha value is -2.88. The predicted molar refractivity (Wildman–Crippen MR) is 91.2 cm³/mol. The van der Waals surface area contributed by atoms with Crippen LogP contribution in [-0.2, 0) is 9.53 Å². The number of carbonyl (C=O) groups is 2. The lowest BCUT2D eigenvalue weighted by molar-refractivity contribution is -0.122. The van der Waals surface area contributed by atoms with E-state index in [4.69, 9.17) is 24.9 Å². The molecule has 7 heteroatoms. The highest BCUT2D eigenvalue weighted by atomic mass is 16.5. The summed E-state index contributed by atoms with van der Waals surface area (Å²) in [6.45, 7) is 5.52. The van der Waals surface area contributed by atoms with Gasteiger partial charge in [0, 0.05) is 5.71 Å². The third-order valence-corrected chi connectivity index (χ3v) is 3.17. The maximum atomic E-state index is 12.1. The lowest BCUT2D eigenvalue weighted by Gasteiger charge is -2.13. The molecule has 1 rings (SSSR count). The Morgan fingerprint density at radius 2 is 1.96 bits per heavy atom. The molecule has 0 aliphatic rings. The van der Waals surface area contributed by atoms with E-state index in [1.54, 1.807) is 12.1 Å². The summed E-state index contributed by atoms with van der Waals surface area (Å²) >= 11 is 0. The van der Waals surface area contributed by atoms with E-state index in [0.717, 1.165) is 6.42 Å². The zero-order valence-electron chi connectivity index (χ0n) is 14.6. The van der Waals surface area contributed by atoms with E-state index < -0.39 is 24.3 Å². The molecule has 1 atom stereocenters. The molecule has 0 amide bonds. The van der Waals surface area contributed by atoms with Crippen LogP contribution >= 0.6 is 0 Å². The largest absolute Gasteiger partial charge is 0.490 e. The molecule has 1 N–H and O–H groups in total. The maximum Gasteiger partial charge on any atom is 0.338 e. The third-order valence-electron chi connectivity index (χ3n) is 3.17. The second-order valence-electron chi connectivity index (χ2n) is 5.23. The normalized spacial score (nSPS) is 11.1. The maximum absolute atomic E-state index is 12.1. The summed E-state index contributed by atoms with van der Waals surface area (Å²) in [5.41, 5.74) is 0.125. The molecular weight excluding hydrogens is 324 g/mol. The fourth-order valence-electron chi connectivity index (χ4n) is 1.95. The zero-order valence-corrected chi connectivity index (χ0v) is 14.6. The van der Waals surface area contributed by atoms with Crippen LogP contribution in [0.3, 0.4) is 0 Å². The Labute approximate surface area is 147 Å². The zero-order chi connectivity index (χ0) is 18.8. The van der Waals surface area contributed by atoms with Crippen LogP contribution in [-0.4, -0.2) is 37.3 Å². The number of Topliss-reactive ketones (excluding diaryl/α,β-unsaturated/α-hetero) is 1. The number of ketones is 1. The molecule has 0 saturated carbocycles. The van der Waals surface area contributed by atoms with Gasteiger partial charge < -0.3 is 19.6 Å². The smallest absolute Gasteiger partial charge is 0.338 e. The number of ether oxygens (including phenoxy) is 3. The minimum atomic E-state index is -1.20. The van der Waals surface area contributed by atoms with Gasteiger partial charge in [-0.25, -0.2) is 4.79 Å². The van der Waals surface area contributed by atoms with Gasteiger partial charge in [-0.3, -0.25) is 4.79 Å². The highest BCUT2D eigenvalue weighted by molar-refractivity contribution is 6.06. The van der Waals surface area contributed by atoms with Gasteiger partial charge in [0.05, 0.1) is 24.8 Å². The number of rotatable bonds is 10. The summed E-state index contributed by atoms with van der Waals surface area (Å²) in [7, 11) is 0. The minimum absolute atomic E-state index is 0.0837. The topological polar surface area (TPSA) is 109 Å². The van der Waals surface area contributed by atoms with Crippen molar-refractivity contribution in [1.82, 2.24) is 0 Å². The molecule has 0 aliphatic heterocycles. The van der Waals surface area contributed by atoms with Gasteiger partial charge in [-0.2, -0.15) is 5.26 Å². The van der Waals surface area contributed by atoms with E-state index in [-0.39, 0.29) is 11.3 Å². The number of esters is 1. The average molecular weight is 346 g/mol. The molecule has 0 bridgehead atoms. The molecule has 0 spiro atoms. The van der Waals surface area contributed by atoms with Gasteiger partial charge >= 0.3 is 5.97 Å². The first-order valence-corrected chi connectivity index (χ1v) is 7.98. The predicted octanol–water partition coefficient (Wildman–Crippen LogP) is 2.78. The fraction of sp³-hybridized carbons (Fsp3) is 0.444. The Kier molecular flexibility index (Phi) is 8.13. The van der Waals surface area contributed by atoms with Crippen LogP contribution in [0.2, 0.25) is 0 Å². The summed E-state index contributed by atoms with van der Waals surface area (Å²) in [5.74, 6) is -1.59. The number of carbonyl (C=O) groups excluding carboxylic acids is 2. The summed E-state index contributed by atoms with van der Waals surface area (Å²) in [5, 5.41) is 16.2. The van der Waals surface area contributed by atoms with Crippen molar-refractivity contribution >= 4 is 17.5 Å². The highest BCUT2D eigenvalue weighted by Gasteiger charge is 2.22. The van der Waals surface area contributed by atoms with Crippen LogP contribution in [0.5, 0.6) is 11.5 Å². The molecule has 0 unspecified atom stereocenters. The first-order valence-electron chi connectivity index (χ1n) is 7.98. The molecule has 7 nitrogen and oxygen atoms in total. The summed E-state index contributed by atoms with van der Waals surface area (Å²) < 4.78 is 16.0. The molecule has 0 aromatic heterocycles. The minimum Gasteiger partial charge on any atom is -0.490 e. The van der Waals surface area contributed by atoms with Crippen molar-refractivity contribution in [2.75, 3.05) is 19.8 Å². The van der Waals surface area contributed by atoms with E-state index in [2.05, 4.69) is 0 Å². The van der Waals surface area contributed by atoms with Gasteiger partial charge in [0.1, 0.15) is 5.92 Å². The number of nitrogens with zero attached hydrogens (tertiary/aromatic N) is 1. The molecule has 134 valence electrons. The fourth-order valence-corrected chi connectivity index (χ4v) is 1.95. The molecule has 0 aliphatic carbocycles. The van der Waals surface area contributed by atoms with Crippen molar-refractivity contribution in [3.63, 3.8) is 0 Å². The number of nitriles is 1. The molecular formula is C18H22N2O5. The average Bonchev–Trinajstić information content (AvgIpc) is 2.59. The lowest BCUT2D eigenvalue weighted by atomic mass is 10.0. The Balaban J connectivity index is 2.81. The molecule has 1 aromatic rings. The van der Waals surface area contributed by atoms with Crippen LogP contribution in [0, 0.1) is 22.7 Å². The first kappa shape index (κ1) is 20.2. The van der Waals surface area contributed by atoms with Crippen LogP contribution in [0.15, 0.2) is 18.2 Å². The van der Waals surface area contributed by atoms with Gasteiger partial charge in [-0.15, -0.1) is 0 Å². The Morgan fingerprint density at radius 1 is 1.24 bits per heavy atom. The Morgan fingerprint density at radius 3 is 2.52 bits per heavy atom.